The summed E-state index contributed by atoms with van der Waals surface area (Å²) in [4.78, 5) is 22.6. The number of benzene rings is 4. The van der Waals surface area contributed by atoms with E-state index in [4.69, 9.17) is 9.84 Å². The fraction of sp³-hybridized carbons (Fsp3) is 0.0370. The first-order valence-corrected chi connectivity index (χ1v) is 14.3. The van der Waals surface area contributed by atoms with Crippen LogP contribution in [0.5, 0.6) is 0 Å². The van der Waals surface area contributed by atoms with Crippen molar-refractivity contribution in [2.75, 3.05) is 7.11 Å². The van der Waals surface area contributed by atoms with Crippen LogP contribution in [-0.2, 0) is 4.74 Å². The lowest BCUT2D eigenvalue weighted by Gasteiger charge is -1.98. The first-order valence-electron chi connectivity index (χ1n) is 9.98. The normalized spacial score (nSPS) is 9.97. The van der Waals surface area contributed by atoms with Crippen molar-refractivity contribution in [2.24, 2.45) is 0 Å². The summed E-state index contributed by atoms with van der Waals surface area (Å²) in [6.07, 6.45) is 0. The van der Waals surface area contributed by atoms with Crippen LogP contribution in [0.1, 0.15) is 20.7 Å². The molecule has 4 aromatic rings. The minimum Gasteiger partial charge on any atom is -0.478 e. The van der Waals surface area contributed by atoms with Crippen molar-refractivity contribution in [2.45, 2.75) is 0 Å². The number of ether oxygens (including phenoxy) is 1. The van der Waals surface area contributed by atoms with Crippen molar-refractivity contribution >= 4 is 11.9 Å². The number of halogens is 2. The smallest absolute Gasteiger partial charge is 0.358 e. The number of rotatable bonds is 6. The Morgan fingerprint density at radius 3 is 1.45 bits per heavy atom. The van der Waals surface area contributed by atoms with Gasteiger partial charge in [-0.05, 0) is 48.5 Å². The maximum absolute atomic E-state index is 11.6. The Morgan fingerprint density at radius 2 is 1.00 bits per heavy atom. The third-order valence-electron chi connectivity index (χ3n) is 4.27. The van der Waals surface area contributed by atoms with Crippen LogP contribution in [0.15, 0.2) is 109 Å². The molecular formula is C27H22I2O4+2. The minimum absolute atomic E-state index is 0.253. The molecule has 4 nitrogen and oxygen atoms in total. The van der Waals surface area contributed by atoms with Gasteiger partial charge in [-0.1, -0.05) is 60.7 Å². The van der Waals surface area contributed by atoms with Crippen molar-refractivity contribution in [1.29, 1.82) is 0 Å². The van der Waals surface area contributed by atoms with E-state index >= 15 is 0 Å². The number of aromatic carboxylic acids is 1. The van der Waals surface area contributed by atoms with Crippen LogP contribution in [0.4, 0.5) is 0 Å². The van der Waals surface area contributed by atoms with Gasteiger partial charge >= 0.3 is 54.3 Å². The van der Waals surface area contributed by atoms with E-state index in [0.717, 1.165) is 7.14 Å². The molecule has 0 aliphatic heterocycles. The summed E-state index contributed by atoms with van der Waals surface area (Å²) in [5, 5.41) is 9.06. The maximum atomic E-state index is 11.6. The Balaban J connectivity index is 0.000000186. The van der Waals surface area contributed by atoms with E-state index in [9.17, 15) is 9.59 Å². The fourth-order valence-corrected chi connectivity index (χ4v) is 7.78. The van der Waals surface area contributed by atoms with E-state index in [1.54, 1.807) is 12.1 Å². The molecule has 4 aromatic carbocycles. The van der Waals surface area contributed by atoms with E-state index in [1.807, 2.05) is 84.9 Å². The molecule has 0 saturated heterocycles. The van der Waals surface area contributed by atoms with Gasteiger partial charge in [0.1, 0.15) is 11.1 Å². The third kappa shape index (κ3) is 7.68. The molecule has 0 fully saturated rings. The molecule has 0 atom stereocenters. The number of hydrogen-bond donors (Lipinski definition) is 1. The van der Waals surface area contributed by atoms with Gasteiger partial charge in [0.25, 0.3) is 0 Å². The van der Waals surface area contributed by atoms with Gasteiger partial charge in [0.2, 0.25) is 7.14 Å². The Labute approximate surface area is 214 Å². The van der Waals surface area contributed by atoms with Gasteiger partial charge in [0.15, 0.2) is 7.14 Å². The van der Waals surface area contributed by atoms with Gasteiger partial charge in [-0.15, -0.1) is 0 Å². The zero-order chi connectivity index (χ0) is 23.5. The molecule has 0 amide bonds. The Kier molecular flexibility index (Phi) is 9.89. The number of methoxy groups -OCH3 is 1. The van der Waals surface area contributed by atoms with Crippen LogP contribution in [-0.4, -0.2) is 24.2 Å². The second-order valence-electron chi connectivity index (χ2n) is 6.54. The summed E-state index contributed by atoms with van der Waals surface area (Å²) in [7, 11) is 1.42. The quantitative estimate of drug-likeness (QED) is 0.215. The molecule has 0 heterocycles. The summed E-state index contributed by atoms with van der Waals surface area (Å²) in [5.74, 6) is -1.09. The molecular weight excluding hydrogens is 642 g/mol. The number of carboxylic acid groups (broad SMARTS) is 1. The van der Waals surface area contributed by atoms with E-state index in [1.165, 1.54) is 14.3 Å². The Hall–Kier alpha value is -2.72. The van der Waals surface area contributed by atoms with Crippen LogP contribution in [0.25, 0.3) is 0 Å². The van der Waals surface area contributed by atoms with Gasteiger partial charge in [-0.25, -0.2) is 9.59 Å². The van der Waals surface area contributed by atoms with E-state index in [0.29, 0.717) is 11.1 Å². The van der Waals surface area contributed by atoms with Gasteiger partial charge in [-0.3, -0.25) is 0 Å². The molecule has 0 radical (unpaired) electrons. The zero-order valence-electron chi connectivity index (χ0n) is 17.8. The van der Waals surface area contributed by atoms with Crippen LogP contribution in [0.2, 0.25) is 0 Å². The molecule has 0 spiro atoms. The predicted molar refractivity (Wildman–Crippen MR) is 119 cm³/mol. The standard InChI is InChI=1S/C14H12IO2.C13H9IO2/c1-17-14(16)12-9-5-6-10-13(12)15-11-7-3-2-4-8-11;15-13(16)11-8-4-5-9-12(11)14-10-6-2-1-3-7-10/h2-10H,1H3;1-9H/q+1;/p+1. The van der Waals surface area contributed by atoms with Crippen molar-refractivity contribution < 1.29 is 61.8 Å². The lowest BCUT2D eigenvalue weighted by Crippen LogP contribution is -3.61. The molecule has 0 aliphatic carbocycles. The summed E-state index contributed by atoms with van der Waals surface area (Å²) in [5.41, 5.74) is 1.12. The van der Waals surface area contributed by atoms with Crippen LogP contribution >= 0.6 is 0 Å². The molecule has 0 aromatic heterocycles. The first kappa shape index (κ1) is 24.9. The lowest BCUT2D eigenvalue weighted by molar-refractivity contribution is -0.598. The van der Waals surface area contributed by atoms with Gasteiger partial charge in [-0.2, -0.15) is 0 Å². The molecule has 4 rings (SSSR count). The van der Waals surface area contributed by atoms with Crippen molar-refractivity contribution in [3.05, 3.63) is 135 Å². The third-order valence-corrected chi connectivity index (χ3v) is 10.00. The molecule has 0 bridgehead atoms. The van der Waals surface area contributed by atoms with Gasteiger partial charge < -0.3 is 9.84 Å². The van der Waals surface area contributed by atoms with Crippen LogP contribution < -0.4 is 42.4 Å². The second-order valence-corrected chi connectivity index (χ2v) is 12.4. The average molecular weight is 664 g/mol. The molecule has 0 saturated carbocycles. The van der Waals surface area contributed by atoms with Crippen molar-refractivity contribution in [3.63, 3.8) is 0 Å². The first-order chi connectivity index (χ1) is 16.1. The van der Waals surface area contributed by atoms with Gasteiger partial charge in [0.05, 0.1) is 7.11 Å². The second kappa shape index (κ2) is 13.1. The Bertz CT molecular complexity index is 1190. The monoisotopic (exact) mass is 664 g/mol. The average Bonchev–Trinajstić information content (AvgIpc) is 2.86. The SMILES string of the molecule is COC(=O)c1ccccc1[I+]c1ccccc1.O=C(O)c1ccccc1[I+]c1ccccc1. The van der Waals surface area contributed by atoms with Crippen molar-refractivity contribution in [3.8, 4) is 0 Å². The summed E-state index contributed by atoms with van der Waals surface area (Å²) in [6.45, 7) is 0. The largest absolute Gasteiger partial charge is 0.478 e. The number of hydrogen-bond acceptors (Lipinski definition) is 3. The van der Waals surface area contributed by atoms with Gasteiger partial charge in [0, 0.05) is 0 Å². The Morgan fingerprint density at radius 1 is 0.606 bits per heavy atom. The molecule has 1 N–H and O–H groups in total. The number of carbonyl (C=O) groups excluding carboxylic acids is 1. The summed E-state index contributed by atoms with van der Waals surface area (Å²) < 4.78 is 9.38. The topological polar surface area (TPSA) is 63.6 Å². The molecule has 6 heteroatoms. The summed E-state index contributed by atoms with van der Waals surface area (Å²) >= 11 is -0.741. The molecule has 33 heavy (non-hydrogen) atoms. The number of esters is 1. The highest BCUT2D eigenvalue weighted by atomic mass is 127. The molecule has 0 unspecified atom stereocenters. The van der Waals surface area contributed by atoms with Crippen LogP contribution in [0.3, 0.4) is 0 Å². The van der Waals surface area contributed by atoms with Crippen LogP contribution in [0, 0.1) is 14.3 Å². The molecule has 166 valence electrons. The zero-order valence-corrected chi connectivity index (χ0v) is 22.1. The highest BCUT2D eigenvalue weighted by molar-refractivity contribution is 5.89. The molecule has 0 aliphatic rings. The number of carbonyl (C=O) groups is 2. The lowest BCUT2D eigenvalue weighted by atomic mass is 10.2. The van der Waals surface area contributed by atoms with Crippen molar-refractivity contribution in [1.82, 2.24) is 0 Å². The minimum atomic E-state index is -0.841. The predicted octanol–water partition coefficient (Wildman–Crippen LogP) is -0.885. The highest BCUT2D eigenvalue weighted by Crippen LogP contribution is 2.00. The van der Waals surface area contributed by atoms with E-state index in [-0.39, 0.29) is 27.2 Å². The summed E-state index contributed by atoms with van der Waals surface area (Å²) in [6, 6.07) is 35.2. The van der Waals surface area contributed by atoms with E-state index in [2.05, 4.69) is 12.1 Å². The highest BCUT2D eigenvalue weighted by Gasteiger charge is 2.24. The number of carboxylic acids is 1. The fourth-order valence-electron chi connectivity index (χ4n) is 2.73. The maximum Gasteiger partial charge on any atom is 0.358 e. The van der Waals surface area contributed by atoms with E-state index < -0.39 is 27.2 Å².